The summed E-state index contributed by atoms with van der Waals surface area (Å²) < 4.78 is 4.50. The Morgan fingerprint density at radius 3 is 2.35 bits per heavy atom. The monoisotopic (exact) mass is 364 g/mol. The van der Waals surface area contributed by atoms with Crippen molar-refractivity contribution in [1.82, 2.24) is 10.2 Å². The zero-order chi connectivity index (χ0) is 19.9. The minimum atomic E-state index is -1.24. The number of methoxy groups -OCH3 is 1. The number of ether oxygens (including phenoxy) is 1. The highest BCUT2D eigenvalue weighted by Gasteiger charge is 2.23. The lowest BCUT2D eigenvalue weighted by molar-refractivity contribution is -0.143. The van der Waals surface area contributed by atoms with Gasteiger partial charge >= 0.3 is 11.9 Å². The molecule has 0 aliphatic heterocycles. The zero-order valence-electron chi connectivity index (χ0n) is 15.4. The molecule has 0 atom stereocenters. The predicted molar refractivity (Wildman–Crippen MR) is 93.3 cm³/mol. The lowest BCUT2D eigenvalue weighted by Gasteiger charge is -2.20. The van der Waals surface area contributed by atoms with Crippen LogP contribution in [-0.2, 0) is 25.7 Å². The first-order chi connectivity index (χ1) is 12.0. The van der Waals surface area contributed by atoms with Gasteiger partial charge in [0.15, 0.2) is 0 Å². The fourth-order valence-electron chi connectivity index (χ4n) is 2.03. The number of esters is 1. The van der Waals surface area contributed by atoms with Gasteiger partial charge in [0.05, 0.1) is 7.11 Å². The summed E-state index contributed by atoms with van der Waals surface area (Å²) in [5.41, 5.74) is 0.367. The van der Waals surface area contributed by atoms with E-state index in [4.69, 9.17) is 5.11 Å². The Labute approximate surface area is 152 Å². The maximum absolute atomic E-state index is 12.5. The Morgan fingerprint density at radius 2 is 1.81 bits per heavy atom. The number of carbonyl (C=O) groups excluding carboxylic acids is 3. The second-order valence-electron chi connectivity index (χ2n) is 6.76. The lowest BCUT2D eigenvalue weighted by atomic mass is 9.95. The Kier molecular flexibility index (Phi) is 7.30. The van der Waals surface area contributed by atoms with Gasteiger partial charge in [0, 0.05) is 17.5 Å². The van der Waals surface area contributed by atoms with Crippen LogP contribution in [0.15, 0.2) is 24.3 Å². The molecule has 1 rings (SSSR count). The van der Waals surface area contributed by atoms with Crippen LogP contribution in [0.25, 0.3) is 0 Å². The van der Waals surface area contributed by atoms with Gasteiger partial charge in [0.25, 0.3) is 5.91 Å². The third kappa shape index (κ3) is 6.54. The molecule has 0 saturated carbocycles. The summed E-state index contributed by atoms with van der Waals surface area (Å²) in [6, 6.07) is 6.44. The normalized spacial score (nSPS) is 10.8. The first-order valence-electron chi connectivity index (χ1n) is 7.99. The van der Waals surface area contributed by atoms with Gasteiger partial charge in [0.1, 0.15) is 13.1 Å². The van der Waals surface area contributed by atoms with Crippen molar-refractivity contribution in [1.29, 1.82) is 0 Å². The zero-order valence-corrected chi connectivity index (χ0v) is 15.4. The van der Waals surface area contributed by atoms with E-state index in [0.717, 1.165) is 12.0 Å². The van der Waals surface area contributed by atoms with E-state index in [9.17, 15) is 19.2 Å². The molecular formula is C18H24N2O6. The van der Waals surface area contributed by atoms with Crippen LogP contribution >= 0.6 is 0 Å². The number of aliphatic carboxylic acids is 1. The molecule has 8 heteroatoms. The molecule has 26 heavy (non-hydrogen) atoms. The van der Waals surface area contributed by atoms with Crippen LogP contribution < -0.4 is 5.32 Å². The number of rotatable bonds is 7. The SMILES string of the molecule is COC(=O)CN(CC(=O)O)C(=O)c1cccc(CNC(=O)C(C)(C)C)c1. The van der Waals surface area contributed by atoms with E-state index >= 15 is 0 Å². The second-order valence-corrected chi connectivity index (χ2v) is 6.76. The number of hydrogen-bond donors (Lipinski definition) is 2. The summed E-state index contributed by atoms with van der Waals surface area (Å²) in [6.07, 6.45) is 0. The molecule has 0 fully saturated rings. The van der Waals surface area contributed by atoms with Crippen LogP contribution in [0.1, 0.15) is 36.7 Å². The largest absolute Gasteiger partial charge is 0.480 e. The van der Waals surface area contributed by atoms with E-state index in [-0.39, 0.29) is 18.0 Å². The fourth-order valence-corrected chi connectivity index (χ4v) is 2.03. The van der Waals surface area contributed by atoms with Crippen molar-refractivity contribution in [3.63, 3.8) is 0 Å². The molecule has 2 N–H and O–H groups in total. The summed E-state index contributed by atoms with van der Waals surface area (Å²) in [4.78, 5) is 47.8. The van der Waals surface area contributed by atoms with Gasteiger partial charge in [-0.2, -0.15) is 0 Å². The summed E-state index contributed by atoms with van der Waals surface area (Å²) in [6.45, 7) is 4.51. The van der Waals surface area contributed by atoms with Crippen LogP contribution in [-0.4, -0.2) is 54.0 Å². The Balaban J connectivity index is 2.92. The smallest absolute Gasteiger partial charge is 0.325 e. The number of benzene rings is 1. The number of hydrogen-bond acceptors (Lipinski definition) is 5. The lowest BCUT2D eigenvalue weighted by Crippen LogP contribution is -2.39. The van der Waals surface area contributed by atoms with Gasteiger partial charge in [0.2, 0.25) is 5.91 Å². The Hall–Kier alpha value is -2.90. The molecule has 0 spiro atoms. The van der Waals surface area contributed by atoms with Gasteiger partial charge in [-0.1, -0.05) is 32.9 Å². The Morgan fingerprint density at radius 1 is 1.15 bits per heavy atom. The summed E-state index contributed by atoms with van der Waals surface area (Å²) >= 11 is 0. The topological polar surface area (TPSA) is 113 Å². The van der Waals surface area contributed by atoms with Crippen molar-refractivity contribution in [3.8, 4) is 0 Å². The molecule has 2 amide bonds. The molecule has 0 bridgehead atoms. The summed E-state index contributed by atoms with van der Waals surface area (Å²) in [7, 11) is 1.16. The first kappa shape index (κ1) is 21.1. The molecule has 0 aliphatic rings. The maximum atomic E-state index is 12.5. The fraction of sp³-hybridized carbons (Fsp3) is 0.444. The number of amides is 2. The van der Waals surface area contributed by atoms with Gasteiger partial charge < -0.3 is 20.1 Å². The molecule has 0 unspecified atom stereocenters. The molecular weight excluding hydrogens is 340 g/mol. The van der Waals surface area contributed by atoms with Crippen molar-refractivity contribution in [3.05, 3.63) is 35.4 Å². The van der Waals surface area contributed by atoms with Crippen LogP contribution in [0.3, 0.4) is 0 Å². The highest BCUT2D eigenvalue weighted by atomic mass is 16.5. The van der Waals surface area contributed by atoms with Crippen molar-refractivity contribution in [2.45, 2.75) is 27.3 Å². The highest BCUT2D eigenvalue weighted by molar-refractivity contribution is 5.97. The molecule has 1 aromatic carbocycles. The van der Waals surface area contributed by atoms with Crippen molar-refractivity contribution in [2.75, 3.05) is 20.2 Å². The molecule has 0 aliphatic carbocycles. The number of nitrogens with zero attached hydrogens (tertiary/aromatic N) is 1. The highest BCUT2D eigenvalue weighted by Crippen LogP contribution is 2.14. The molecule has 1 aromatic rings. The number of carbonyl (C=O) groups is 4. The van der Waals surface area contributed by atoms with E-state index in [2.05, 4.69) is 10.1 Å². The van der Waals surface area contributed by atoms with Crippen LogP contribution in [0.5, 0.6) is 0 Å². The van der Waals surface area contributed by atoms with Crippen LogP contribution in [0.4, 0.5) is 0 Å². The molecule has 8 nitrogen and oxygen atoms in total. The average Bonchev–Trinajstić information content (AvgIpc) is 2.57. The number of carboxylic acid groups (broad SMARTS) is 1. The summed E-state index contributed by atoms with van der Waals surface area (Å²) in [5.74, 6) is -2.70. The quantitative estimate of drug-likeness (QED) is 0.699. The molecule has 0 saturated heterocycles. The Bertz CT molecular complexity index is 693. The van der Waals surface area contributed by atoms with E-state index in [1.54, 1.807) is 39.0 Å². The van der Waals surface area contributed by atoms with Crippen LogP contribution in [0.2, 0.25) is 0 Å². The van der Waals surface area contributed by atoms with Crippen molar-refractivity contribution < 1.29 is 29.0 Å². The van der Waals surface area contributed by atoms with Gasteiger partial charge in [-0.05, 0) is 17.7 Å². The molecule has 142 valence electrons. The molecule has 0 radical (unpaired) electrons. The molecule has 0 aromatic heterocycles. The summed E-state index contributed by atoms with van der Waals surface area (Å²) in [5, 5.41) is 11.7. The standard InChI is InChI=1S/C18H24N2O6/c1-18(2,3)17(25)19-9-12-6-5-7-13(8-12)16(24)20(10-14(21)22)11-15(23)26-4/h5-8H,9-11H2,1-4H3,(H,19,25)(H,21,22). The van der Waals surface area contributed by atoms with E-state index in [1.807, 2.05) is 0 Å². The number of nitrogens with one attached hydrogen (secondary N) is 1. The van der Waals surface area contributed by atoms with Gasteiger partial charge in [-0.15, -0.1) is 0 Å². The first-order valence-corrected chi connectivity index (χ1v) is 7.99. The second kappa shape index (κ2) is 8.98. The van der Waals surface area contributed by atoms with Crippen LogP contribution in [0, 0.1) is 5.41 Å². The minimum absolute atomic E-state index is 0.132. The van der Waals surface area contributed by atoms with Crippen molar-refractivity contribution >= 4 is 23.8 Å². The van der Waals surface area contributed by atoms with E-state index < -0.39 is 36.4 Å². The van der Waals surface area contributed by atoms with E-state index in [0.29, 0.717) is 5.56 Å². The van der Waals surface area contributed by atoms with Gasteiger partial charge in [-0.3, -0.25) is 19.2 Å². The number of carboxylic acids is 1. The predicted octanol–water partition coefficient (Wildman–Crippen LogP) is 1.05. The van der Waals surface area contributed by atoms with Crippen molar-refractivity contribution in [2.24, 2.45) is 5.41 Å². The van der Waals surface area contributed by atoms with E-state index in [1.165, 1.54) is 6.07 Å². The van der Waals surface area contributed by atoms with Gasteiger partial charge in [-0.25, -0.2) is 0 Å². The maximum Gasteiger partial charge on any atom is 0.325 e. The minimum Gasteiger partial charge on any atom is -0.480 e. The molecule has 0 heterocycles. The third-order valence-electron chi connectivity index (χ3n) is 3.47. The average molecular weight is 364 g/mol. The third-order valence-corrected chi connectivity index (χ3v) is 3.47.